The van der Waals surface area contributed by atoms with Gasteiger partial charge in [0.2, 0.25) is 5.91 Å². The summed E-state index contributed by atoms with van der Waals surface area (Å²) in [5.41, 5.74) is 0.585. The van der Waals surface area contributed by atoms with Gasteiger partial charge in [0, 0.05) is 13.6 Å². The zero-order chi connectivity index (χ0) is 14.2. The first-order chi connectivity index (χ1) is 8.97. The second-order valence-corrected chi connectivity index (χ2v) is 4.67. The number of carbonyl (C=O) groups excluding carboxylic acids is 3. The largest absolute Gasteiger partial charge is 0.344 e. The molecule has 1 aliphatic rings. The Hall–Kier alpha value is -1.88. The van der Waals surface area contributed by atoms with Crippen LogP contribution in [-0.2, 0) is 9.59 Å². The summed E-state index contributed by atoms with van der Waals surface area (Å²) in [7, 11) is 1.64. The Labute approximate surface area is 115 Å². The van der Waals surface area contributed by atoms with E-state index in [0.29, 0.717) is 17.3 Å². The number of para-hydroxylation sites is 1. The van der Waals surface area contributed by atoms with Crippen LogP contribution in [0.4, 0.5) is 5.69 Å². The van der Waals surface area contributed by atoms with Gasteiger partial charge >= 0.3 is 0 Å². The predicted molar refractivity (Wildman–Crippen MR) is 71.4 cm³/mol. The Morgan fingerprint density at radius 1 is 1.37 bits per heavy atom. The lowest BCUT2D eigenvalue weighted by molar-refractivity contribution is -0.129. The number of Topliss-reactive ketones (excluding diaryl/α,β-unsaturated/α-hetero) is 1. The summed E-state index contributed by atoms with van der Waals surface area (Å²) in [5, 5.41) is 0.295. The fourth-order valence-electron chi connectivity index (χ4n) is 1.90. The third kappa shape index (κ3) is 2.21. The number of ketones is 1. The number of amides is 2. The van der Waals surface area contributed by atoms with Crippen LogP contribution in [0.3, 0.4) is 0 Å². The Morgan fingerprint density at radius 2 is 2.05 bits per heavy atom. The summed E-state index contributed by atoms with van der Waals surface area (Å²) in [6.45, 7) is 2.19. The second-order valence-electron chi connectivity index (χ2n) is 4.26. The molecule has 0 unspecified atom stereocenters. The number of rotatable bonds is 3. The van der Waals surface area contributed by atoms with Gasteiger partial charge in [-0.1, -0.05) is 17.7 Å². The minimum Gasteiger partial charge on any atom is -0.344 e. The van der Waals surface area contributed by atoms with Gasteiger partial charge < -0.3 is 4.90 Å². The van der Waals surface area contributed by atoms with Crippen LogP contribution < -0.4 is 4.90 Å². The minimum atomic E-state index is -0.707. The molecule has 0 N–H and O–H groups in total. The van der Waals surface area contributed by atoms with E-state index in [0.717, 1.165) is 4.90 Å². The molecule has 0 radical (unpaired) electrons. The van der Waals surface area contributed by atoms with Gasteiger partial charge in [-0.25, -0.2) is 0 Å². The highest BCUT2D eigenvalue weighted by molar-refractivity contribution is 6.54. The van der Waals surface area contributed by atoms with Gasteiger partial charge in [0.25, 0.3) is 11.7 Å². The monoisotopic (exact) mass is 280 g/mol. The molecule has 1 aromatic rings. The minimum absolute atomic E-state index is 0.175. The van der Waals surface area contributed by atoms with Crippen LogP contribution in [0.5, 0.6) is 0 Å². The van der Waals surface area contributed by atoms with E-state index < -0.39 is 11.7 Å². The second kappa shape index (κ2) is 5.01. The maximum absolute atomic E-state index is 11.9. The molecule has 0 saturated carbocycles. The quantitative estimate of drug-likeness (QED) is 0.785. The lowest BCUT2D eigenvalue weighted by atomic mass is 10.1. The molecule has 0 atom stereocenters. The highest BCUT2D eigenvalue weighted by Crippen LogP contribution is 2.35. The molecule has 0 fully saturated rings. The topological polar surface area (TPSA) is 57.7 Å². The summed E-state index contributed by atoms with van der Waals surface area (Å²) in [5.74, 6) is -1.57. The number of benzene rings is 1. The summed E-state index contributed by atoms with van der Waals surface area (Å²) in [4.78, 5) is 38.2. The normalized spacial score (nSPS) is 13.7. The third-order valence-electron chi connectivity index (χ3n) is 3.13. The van der Waals surface area contributed by atoms with Crippen molar-refractivity contribution in [2.45, 2.75) is 6.92 Å². The number of nitrogens with zero attached hydrogens (tertiary/aromatic N) is 2. The average molecular weight is 281 g/mol. The van der Waals surface area contributed by atoms with Crippen LogP contribution in [0.15, 0.2) is 18.2 Å². The van der Waals surface area contributed by atoms with E-state index in [2.05, 4.69) is 0 Å². The first-order valence-electron chi connectivity index (χ1n) is 5.86. The van der Waals surface area contributed by atoms with Gasteiger partial charge in [0.15, 0.2) is 0 Å². The molecule has 100 valence electrons. The molecule has 5 nitrogen and oxygen atoms in total. The predicted octanol–water partition coefficient (Wildman–Crippen LogP) is 1.35. The average Bonchev–Trinajstić information content (AvgIpc) is 2.64. The van der Waals surface area contributed by atoms with Crippen LogP contribution in [0.2, 0.25) is 5.02 Å². The van der Waals surface area contributed by atoms with Gasteiger partial charge in [0.05, 0.1) is 16.3 Å². The van der Waals surface area contributed by atoms with Crippen molar-refractivity contribution in [1.29, 1.82) is 0 Å². The Morgan fingerprint density at radius 3 is 2.68 bits per heavy atom. The molecule has 0 spiro atoms. The van der Waals surface area contributed by atoms with Crippen LogP contribution in [0.1, 0.15) is 17.3 Å². The van der Waals surface area contributed by atoms with E-state index in [4.69, 9.17) is 11.6 Å². The number of carbonyl (C=O) groups is 3. The molecule has 19 heavy (non-hydrogen) atoms. The van der Waals surface area contributed by atoms with Crippen LogP contribution in [0.25, 0.3) is 0 Å². The van der Waals surface area contributed by atoms with Crippen molar-refractivity contribution in [2.24, 2.45) is 0 Å². The van der Waals surface area contributed by atoms with Gasteiger partial charge in [-0.2, -0.15) is 0 Å². The fourth-order valence-corrected chi connectivity index (χ4v) is 2.17. The number of hydrogen-bond acceptors (Lipinski definition) is 3. The van der Waals surface area contributed by atoms with E-state index >= 15 is 0 Å². The third-order valence-corrected chi connectivity index (χ3v) is 3.44. The van der Waals surface area contributed by atoms with Crippen LogP contribution in [0, 0.1) is 0 Å². The zero-order valence-corrected chi connectivity index (χ0v) is 11.4. The van der Waals surface area contributed by atoms with E-state index in [1.165, 1.54) is 11.0 Å². The van der Waals surface area contributed by atoms with Crippen LogP contribution in [-0.4, -0.2) is 42.6 Å². The first kappa shape index (κ1) is 13.5. The van der Waals surface area contributed by atoms with Crippen molar-refractivity contribution in [3.05, 3.63) is 28.8 Å². The molecule has 2 amide bonds. The molecular formula is C13H13ClN2O3. The maximum atomic E-state index is 11.9. The smallest absolute Gasteiger partial charge is 0.300 e. The van der Waals surface area contributed by atoms with Gasteiger partial charge in [0.1, 0.15) is 6.54 Å². The van der Waals surface area contributed by atoms with Crippen molar-refractivity contribution in [3.63, 3.8) is 0 Å². The summed E-state index contributed by atoms with van der Waals surface area (Å²) in [6, 6.07) is 4.73. The number of fused-ring (bicyclic) bond motifs is 1. The maximum Gasteiger partial charge on any atom is 0.300 e. The molecule has 1 aliphatic heterocycles. The summed E-state index contributed by atoms with van der Waals surface area (Å²) >= 11 is 6.02. The molecule has 0 aliphatic carbocycles. The molecular weight excluding hydrogens is 268 g/mol. The molecule has 1 heterocycles. The Balaban J connectivity index is 2.36. The zero-order valence-electron chi connectivity index (χ0n) is 10.6. The number of likely N-dealkylation sites (N-methyl/N-ethyl adjacent to an activating group) is 1. The van der Waals surface area contributed by atoms with Crippen molar-refractivity contribution in [3.8, 4) is 0 Å². The standard InChI is InChI=1S/C13H13ClN2O3/c1-3-15(2)10(17)7-16-11-8(12(18)13(16)19)5-4-6-9(11)14/h4-6H,3,7H2,1-2H3. The van der Waals surface area contributed by atoms with Crippen molar-refractivity contribution in [1.82, 2.24) is 4.90 Å². The molecule has 1 aromatic carbocycles. The molecule has 2 rings (SSSR count). The Kier molecular flexibility index (Phi) is 3.57. The summed E-state index contributed by atoms with van der Waals surface area (Å²) < 4.78 is 0. The SMILES string of the molecule is CCN(C)C(=O)CN1C(=O)C(=O)c2cccc(Cl)c21. The lowest BCUT2D eigenvalue weighted by Crippen LogP contribution is -2.41. The van der Waals surface area contributed by atoms with E-state index in [9.17, 15) is 14.4 Å². The molecule has 0 saturated heterocycles. The van der Waals surface area contributed by atoms with E-state index in [1.807, 2.05) is 6.92 Å². The highest BCUT2D eigenvalue weighted by Gasteiger charge is 2.38. The van der Waals surface area contributed by atoms with Crippen molar-refractivity contribution >= 4 is 34.9 Å². The number of halogens is 1. The molecule has 0 aromatic heterocycles. The van der Waals surface area contributed by atoms with Gasteiger partial charge in [-0.05, 0) is 19.1 Å². The van der Waals surface area contributed by atoms with E-state index in [1.54, 1.807) is 19.2 Å². The van der Waals surface area contributed by atoms with E-state index in [-0.39, 0.29) is 18.0 Å². The molecule has 0 bridgehead atoms. The highest BCUT2D eigenvalue weighted by atomic mass is 35.5. The Bertz CT molecular complexity index is 571. The first-order valence-corrected chi connectivity index (χ1v) is 6.23. The fraction of sp³-hybridized carbons (Fsp3) is 0.308. The van der Waals surface area contributed by atoms with Crippen molar-refractivity contribution < 1.29 is 14.4 Å². The number of anilines is 1. The van der Waals surface area contributed by atoms with Gasteiger partial charge in [-0.3, -0.25) is 19.3 Å². The number of hydrogen-bond donors (Lipinski definition) is 0. The van der Waals surface area contributed by atoms with Crippen LogP contribution >= 0.6 is 11.6 Å². The molecule has 6 heteroatoms. The van der Waals surface area contributed by atoms with Gasteiger partial charge in [-0.15, -0.1) is 0 Å². The lowest BCUT2D eigenvalue weighted by Gasteiger charge is -2.21. The summed E-state index contributed by atoms with van der Waals surface area (Å²) in [6.07, 6.45) is 0. The van der Waals surface area contributed by atoms with Crippen molar-refractivity contribution in [2.75, 3.05) is 25.0 Å².